The van der Waals surface area contributed by atoms with Crippen LogP contribution in [0.1, 0.15) is 37.0 Å². The van der Waals surface area contributed by atoms with Crippen LogP contribution < -0.4 is 5.32 Å². The maximum absolute atomic E-state index is 4.34. The molecule has 0 radical (unpaired) electrons. The van der Waals surface area contributed by atoms with Gasteiger partial charge in [0.1, 0.15) is 0 Å². The van der Waals surface area contributed by atoms with Crippen LogP contribution in [0, 0.1) is 0 Å². The van der Waals surface area contributed by atoms with E-state index in [1.54, 1.807) is 0 Å². The Hall–Kier alpha value is -0.870. The average molecular weight is 220 g/mol. The van der Waals surface area contributed by atoms with E-state index in [-0.39, 0.29) is 0 Å². The van der Waals surface area contributed by atoms with E-state index in [9.17, 15) is 0 Å². The van der Waals surface area contributed by atoms with Gasteiger partial charge in [-0.25, -0.2) is 4.98 Å². The molecule has 16 heavy (non-hydrogen) atoms. The molecule has 1 aromatic heterocycles. The zero-order chi connectivity index (χ0) is 11.0. The summed E-state index contributed by atoms with van der Waals surface area (Å²) in [4.78, 5) is 6.74. The zero-order valence-corrected chi connectivity index (χ0v) is 9.89. The number of nitrogens with one attached hydrogen (secondary N) is 1. The first-order valence-electron chi connectivity index (χ1n) is 6.28. The van der Waals surface area contributed by atoms with E-state index >= 15 is 0 Å². The van der Waals surface area contributed by atoms with Crippen LogP contribution >= 0.6 is 0 Å². The molecule has 3 heterocycles. The van der Waals surface area contributed by atoms with Crippen LogP contribution in [-0.4, -0.2) is 41.1 Å². The lowest BCUT2D eigenvalue weighted by molar-refractivity contribution is 0.386. The second-order valence-electron chi connectivity index (χ2n) is 5.08. The van der Waals surface area contributed by atoms with E-state index in [0.29, 0.717) is 12.1 Å². The smallest absolute Gasteiger partial charge is 0.0951 e. The van der Waals surface area contributed by atoms with Gasteiger partial charge in [0.05, 0.1) is 12.0 Å². The van der Waals surface area contributed by atoms with Gasteiger partial charge in [-0.3, -0.25) is 0 Å². The van der Waals surface area contributed by atoms with Gasteiger partial charge in [-0.1, -0.05) is 0 Å². The lowest BCUT2D eigenvalue weighted by atomic mass is 10.1. The molecular formula is C12H20N4. The summed E-state index contributed by atoms with van der Waals surface area (Å²) in [6.07, 6.45) is 7.86. The number of nitrogens with zero attached hydrogens (tertiary/aromatic N) is 3. The molecule has 1 N–H and O–H groups in total. The van der Waals surface area contributed by atoms with Crippen LogP contribution in [0.5, 0.6) is 0 Å². The molecule has 4 nitrogen and oxygen atoms in total. The number of imidazole rings is 1. The van der Waals surface area contributed by atoms with Crippen molar-refractivity contribution in [3.63, 3.8) is 0 Å². The molecule has 0 spiro atoms. The third kappa shape index (κ3) is 1.76. The Bertz CT molecular complexity index is 354. The van der Waals surface area contributed by atoms with Crippen LogP contribution in [0.4, 0.5) is 0 Å². The normalized spacial score (nSPS) is 31.3. The first-order chi connectivity index (χ1) is 7.84. The second kappa shape index (κ2) is 4.18. The van der Waals surface area contributed by atoms with Gasteiger partial charge in [-0.05, 0) is 39.4 Å². The summed E-state index contributed by atoms with van der Waals surface area (Å²) in [6.45, 7) is 3.52. The molecule has 0 bridgehead atoms. The number of likely N-dealkylation sites (N-methyl/N-ethyl adjacent to an activating group) is 1. The van der Waals surface area contributed by atoms with Crippen molar-refractivity contribution in [2.75, 3.05) is 26.7 Å². The maximum Gasteiger partial charge on any atom is 0.0951 e. The molecule has 0 aliphatic carbocycles. The van der Waals surface area contributed by atoms with E-state index < -0.39 is 0 Å². The summed E-state index contributed by atoms with van der Waals surface area (Å²) in [7, 11) is 2.20. The topological polar surface area (TPSA) is 33.1 Å². The Labute approximate surface area is 96.7 Å². The largest absolute Gasteiger partial charge is 0.329 e. The van der Waals surface area contributed by atoms with Crippen LogP contribution in [-0.2, 0) is 0 Å². The van der Waals surface area contributed by atoms with E-state index in [4.69, 9.17) is 0 Å². The van der Waals surface area contributed by atoms with Crippen LogP contribution in [0.25, 0.3) is 0 Å². The minimum Gasteiger partial charge on any atom is -0.329 e. The zero-order valence-electron chi connectivity index (χ0n) is 9.89. The Morgan fingerprint density at radius 3 is 3.06 bits per heavy atom. The Morgan fingerprint density at radius 1 is 1.44 bits per heavy atom. The molecule has 88 valence electrons. The van der Waals surface area contributed by atoms with Crippen molar-refractivity contribution in [1.82, 2.24) is 19.8 Å². The number of hydrogen-bond acceptors (Lipinski definition) is 3. The van der Waals surface area contributed by atoms with Gasteiger partial charge in [0.2, 0.25) is 0 Å². The molecule has 4 heteroatoms. The highest BCUT2D eigenvalue weighted by Crippen LogP contribution is 2.28. The monoisotopic (exact) mass is 220 g/mol. The standard InChI is InChI=1S/C12H20N4/c1-15-6-4-10(8-15)16-9-13-7-12(16)11-3-2-5-14-11/h7,9-11,14H,2-6,8H2,1H3/t10?,11-/m0/s1. The van der Waals surface area contributed by atoms with Gasteiger partial charge in [0.15, 0.2) is 0 Å². The van der Waals surface area contributed by atoms with Gasteiger partial charge in [-0.2, -0.15) is 0 Å². The quantitative estimate of drug-likeness (QED) is 0.812. The predicted molar refractivity (Wildman–Crippen MR) is 63.4 cm³/mol. The fraction of sp³-hybridized carbons (Fsp3) is 0.750. The Morgan fingerprint density at radius 2 is 2.38 bits per heavy atom. The van der Waals surface area contributed by atoms with Crippen molar-refractivity contribution in [2.24, 2.45) is 0 Å². The molecule has 2 aliphatic heterocycles. The first kappa shape index (κ1) is 10.3. The van der Waals surface area contributed by atoms with Crippen molar-refractivity contribution in [3.8, 4) is 0 Å². The molecule has 0 aromatic carbocycles. The van der Waals surface area contributed by atoms with Crippen molar-refractivity contribution < 1.29 is 0 Å². The molecule has 2 atom stereocenters. The number of rotatable bonds is 2. The van der Waals surface area contributed by atoms with E-state index in [2.05, 4.69) is 26.8 Å². The predicted octanol–water partition coefficient (Wildman–Crippen LogP) is 1.18. The highest BCUT2D eigenvalue weighted by atomic mass is 15.2. The van der Waals surface area contributed by atoms with Gasteiger partial charge < -0.3 is 14.8 Å². The highest BCUT2D eigenvalue weighted by Gasteiger charge is 2.26. The molecule has 3 rings (SSSR count). The summed E-state index contributed by atoms with van der Waals surface area (Å²) in [5.74, 6) is 0. The van der Waals surface area contributed by atoms with Crippen molar-refractivity contribution in [3.05, 3.63) is 18.2 Å². The molecule has 1 aromatic rings. The summed E-state index contributed by atoms with van der Waals surface area (Å²) in [6, 6.07) is 1.17. The molecule has 0 amide bonds. The van der Waals surface area contributed by atoms with Crippen LogP contribution in [0.2, 0.25) is 0 Å². The Kier molecular flexibility index (Phi) is 2.69. The van der Waals surface area contributed by atoms with Crippen LogP contribution in [0.3, 0.4) is 0 Å². The Balaban J connectivity index is 1.81. The van der Waals surface area contributed by atoms with Gasteiger partial charge in [0, 0.05) is 24.8 Å². The third-order valence-corrected chi connectivity index (χ3v) is 3.87. The van der Waals surface area contributed by atoms with Crippen molar-refractivity contribution >= 4 is 0 Å². The molecule has 2 saturated heterocycles. The number of likely N-dealkylation sites (tertiary alicyclic amines) is 1. The summed E-state index contributed by atoms with van der Waals surface area (Å²) >= 11 is 0. The minimum atomic E-state index is 0.536. The van der Waals surface area contributed by atoms with Crippen LogP contribution in [0.15, 0.2) is 12.5 Å². The third-order valence-electron chi connectivity index (χ3n) is 3.87. The second-order valence-corrected chi connectivity index (χ2v) is 5.08. The molecule has 2 aliphatic rings. The summed E-state index contributed by atoms with van der Waals surface area (Å²) in [5.41, 5.74) is 1.39. The fourth-order valence-corrected chi connectivity index (χ4v) is 2.97. The molecule has 1 unspecified atom stereocenters. The summed E-state index contributed by atoms with van der Waals surface area (Å²) < 4.78 is 2.40. The van der Waals surface area contributed by atoms with E-state index in [1.807, 2.05) is 12.5 Å². The minimum absolute atomic E-state index is 0.536. The lowest BCUT2D eigenvalue weighted by Crippen LogP contribution is -2.21. The molecule has 0 saturated carbocycles. The summed E-state index contributed by atoms with van der Waals surface area (Å²) in [5, 5.41) is 3.56. The SMILES string of the molecule is CN1CCC(n2cncc2[C@@H]2CCCN2)C1. The fourth-order valence-electron chi connectivity index (χ4n) is 2.97. The lowest BCUT2D eigenvalue weighted by Gasteiger charge is -2.19. The van der Waals surface area contributed by atoms with Gasteiger partial charge in [-0.15, -0.1) is 0 Å². The molecular weight excluding hydrogens is 200 g/mol. The van der Waals surface area contributed by atoms with Crippen molar-refractivity contribution in [1.29, 1.82) is 0 Å². The van der Waals surface area contributed by atoms with Crippen molar-refractivity contribution in [2.45, 2.75) is 31.3 Å². The average Bonchev–Trinajstić information content (AvgIpc) is 2.96. The van der Waals surface area contributed by atoms with E-state index in [1.165, 1.54) is 31.5 Å². The number of hydrogen-bond donors (Lipinski definition) is 1. The number of aromatic nitrogens is 2. The van der Waals surface area contributed by atoms with Gasteiger partial charge in [0.25, 0.3) is 0 Å². The maximum atomic E-state index is 4.34. The highest BCUT2D eigenvalue weighted by molar-refractivity contribution is 5.09. The molecule has 2 fully saturated rings. The van der Waals surface area contributed by atoms with Gasteiger partial charge >= 0.3 is 0 Å². The van der Waals surface area contributed by atoms with E-state index in [0.717, 1.165) is 13.1 Å². The first-order valence-corrected chi connectivity index (χ1v) is 6.28.